The van der Waals surface area contributed by atoms with Gasteiger partial charge in [-0.3, -0.25) is 0 Å². The Balaban J connectivity index is 2.53. The van der Waals surface area contributed by atoms with Crippen LogP contribution in [0.15, 0.2) is 48.5 Å². The average molecular weight is 194 g/mol. The molecule has 1 aromatic heterocycles. The molecule has 0 aliphatic heterocycles. The maximum atomic E-state index is 3.45. The number of pyridine rings is 1. The van der Waals surface area contributed by atoms with E-state index in [0.717, 1.165) is 0 Å². The van der Waals surface area contributed by atoms with Crippen molar-refractivity contribution in [1.29, 1.82) is 0 Å². The van der Waals surface area contributed by atoms with Gasteiger partial charge in [-0.15, -0.1) is 0 Å². The maximum Gasteiger partial charge on any atom is 0.211 e. The lowest BCUT2D eigenvalue weighted by atomic mass is 10.1. The smallest absolute Gasteiger partial charge is 0.204 e. The number of para-hydroxylation sites is 1. The van der Waals surface area contributed by atoms with E-state index in [0.29, 0.717) is 0 Å². The lowest BCUT2D eigenvalue weighted by Crippen LogP contribution is -2.05. The highest BCUT2D eigenvalue weighted by Gasteiger charge is 2.05. The molecule has 3 rings (SSSR count). The molecule has 1 N–H and O–H groups in total. The number of rotatable bonds is 0. The van der Waals surface area contributed by atoms with E-state index >= 15 is 0 Å². The Bertz CT molecular complexity index is 641. The number of fused-ring (bicyclic) bond motifs is 2. The third-order valence-electron chi connectivity index (χ3n) is 2.85. The molecular formula is C14H12N+. The quantitative estimate of drug-likeness (QED) is 0.488. The summed E-state index contributed by atoms with van der Waals surface area (Å²) in [6.45, 7) is 2.14. The van der Waals surface area contributed by atoms with Crippen LogP contribution in [0.25, 0.3) is 21.8 Å². The Morgan fingerprint density at radius 1 is 0.867 bits per heavy atom. The number of aromatic nitrogens is 1. The number of nitrogens with one attached hydrogen (secondary N) is 1. The van der Waals surface area contributed by atoms with Gasteiger partial charge in [0.25, 0.3) is 0 Å². The Labute approximate surface area is 88.4 Å². The molecule has 0 atom stereocenters. The molecule has 0 amide bonds. The van der Waals surface area contributed by atoms with E-state index in [4.69, 9.17) is 0 Å². The summed E-state index contributed by atoms with van der Waals surface area (Å²) in [5.74, 6) is 0. The molecule has 2 aromatic carbocycles. The second-order valence-electron chi connectivity index (χ2n) is 3.89. The normalized spacial score (nSPS) is 11.0. The van der Waals surface area contributed by atoms with Crippen molar-refractivity contribution in [2.75, 3.05) is 0 Å². The van der Waals surface area contributed by atoms with Gasteiger partial charge in [-0.25, -0.2) is 4.98 Å². The predicted octanol–water partition coefficient (Wildman–Crippen LogP) is 3.12. The molecule has 0 unspecified atom stereocenters. The summed E-state index contributed by atoms with van der Waals surface area (Å²) in [7, 11) is 0. The van der Waals surface area contributed by atoms with Gasteiger partial charge < -0.3 is 0 Å². The number of H-pyrrole nitrogens is 1. The monoisotopic (exact) mass is 194 g/mol. The summed E-state index contributed by atoms with van der Waals surface area (Å²) < 4.78 is 0. The zero-order valence-electron chi connectivity index (χ0n) is 8.62. The van der Waals surface area contributed by atoms with E-state index in [-0.39, 0.29) is 0 Å². The van der Waals surface area contributed by atoms with Gasteiger partial charge in [0.1, 0.15) is 0 Å². The summed E-state index contributed by atoms with van der Waals surface area (Å²) in [4.78, 5) is 3.45. The molecular weight excluding hydrogens is 182 g/mol. The fraction of sp³-hybridized carbons (Fsp3) is 0.0714. The van der Waals surface area contributed by atoms with Gasteiger partial charge in [-0.2, -0.15) is 0 Å². The average Bonchev–Trinajstić information content (AvgIpc) is 2.27. The zero-order chi connectivity index (χ0) is 10.3. The molecule has 1 heteroatoms. The largest absolute Gasteiger partial charge is 0.211 e. The van der Waals surface area contributed by atoms with Crippen LogP contribution in [-0.4, -0.2) is 0 Å². The van der Waals surface area contributed by atoms with Crippen LogP contribution < -0.4 is 4.98 Å². The first-order valence-corrected chi connectivity index (χ1v) is 5.15. The van der Waals surface area contributed by atoms with E-state index < -0.39 is 0 Å². The highest BCUT2D eigenvalue weighted by molar-refractivity contribution is 5.89. The van der Waals surface area contributed by atoms with Gasteiger partial charge >= 0.3 is 0 Å². The van der Waals surface area contributed by atoms with Crippen molar-refractivity contribution in [3.63, 3.8) is 0 Å². The predicted molar refractivity (Wildman–Crippen MR) is 62.7 cm³/mol. The summed E-state index contributed by atoms with van der Waals surface area (Å²) in [5.41, 5.74) is 3.71. The fourth-order valence-electron chi connectivity index (χ4n) is 2.02. The highest BCUT2D eigenvalue weighted by Crippen LogP contribution is 2.18. The van der Waals surface area contributed by atoms with Gasteiger partial charge in [0.15, 0.2) is 0 Å². The molecule has 1 nitrogen and oxygen atoms in total. The Hall–Kier alpha value is -1.89. The van der Waals surface area contributed by atoms with Crippen LogP contribution in [0, 0.1) is 6.92 Å². The Morgan fingerprint density at radius 2 is 1.67 bits per heavy atom. The number of hydrogen-bond acceptors (Lipinski definition) is 0. The summed E-state index contributed by atoms with van der Waals surface area (Å²) >= 11 is 0. The number of aryl methyl sites for hydroxylation is 1. The van der Waals surface area contributed by atoms with Gasteiger partial charge in [0, 0.05) is 22.9 Å². The number of aromatic amines is 1. The van der Waals surface area contributed by atoms with E-state index in [1.54, 1.807) is 0 Å². The van der Waals surface area contributed by atoms with E-state index in [9.17, 15) is 0 Å². The van der Waals surface area contributed by atoms with Crippen molar-refractivity contribution in [3.8, 4) is 0 Å². The van der Waals surface area contributed by atoms with Crippen LogP contribution in [0.3, 0.4) is 0 Å². The molecule has 0 saturated carbocycles. The molecule has 3 aromatic rings. The van der Waals surface area contributed by atoms with Gasteiger partial charge in [0.2, 0.25) is 11.0 Å². The standard InChI is InChI=1S/C14H11N/c1-10-5-4-8-14-12(10)9-11-6-2-3-7-13(11)15-14/h2-9H,1H3/p+1. The van der Waals surface area contributed by atoms with Crippen LogP contribution in [-0.2, 0) is 0 Å². The summed E-state index contributed by atoms with van der Waals surface area (Å²) in [5, 5.41) is 2.57. The van der Waals surface area contributed by atoms with E-state index in [1.807, 2.05) is 0 Å². The number of benzene rings is 2. The molecule has 0 aliphatic rings. The van der Waals surface area contributed by atoms with Crippen molar-refractivity contribution in [3.05, 3.63) is 54.1 Å². The van der Waals surface area contributed by atoms with Crippen molar-refractivity contribution < 1.29 is 4.98 Å². The molecule has 1 heterocycles. The third-order valence-corrected chi connectivity index (χ3v) is 2.85. The third kappa shape index (κ3) is 1.28. The minimum absolute atomic E-state index is 1.19. The maximum absolute atomic E-state index is 3.45. The van der Waals surface area contributed by atoms with E-state index in [2.05, 4.69) is 60.4 Å². The second kappa shape index (κ2) is 3.06. The first kappa shape index (κ1) is 8.42. The first-order valence-electron chi connectivity index (χ1n) is 5.15. The number of hydrogen-bond donors (Lipinski definition) is 0. The Kier molecular flexibility index (Phi) is 1.72. The fourth-order valence-corrected chi connectivity index (χ4v) is 2.02. The molecule has 0 radical (unpaired) electrons. The molecule has 0 saturated heterocycles. The molecule has 0 spiro atoms. The zero-order valence-corrected chi connectivity index (χ0v) is 8.62. The minimum Gasteiger partial charge on any atom is -0.204 e. The highest BCUT2D eigenvalue weighted by atomic mass is 14.7. The van der Waals surface area contributed by atoms with Gasteiger partial charge in [0.05, 0.1) is 0 Å². The first-order chi connectivity index (χ1) is 7.34. The van der Waals surface area contributed by atoms with Crippen molar-refractivity contribution in [2.45, 2.75) is 6.92 Å². The van der Waals surface area contributed by atoms with Crippen LogP contribution in [0.1, 0.15) is 5.56 Å². The topological polar surface area (TPSA) is 14.1 Å². The van der Waals surface area contributed by atoms with Crippen LogP contribution >= 0.6 is 0 Å². The van der Waals surface area contributed by atoms with Crippen LogP contribution in [0.5, 0.6) is 0 Å². The minimum atomic E-state index is 1.19. The lowest BCUT2D eigenvalue weighted by Gasteiger charge is -1.98. The van der Waals surface area contributed by atoms with Gasteiger partial charge in [-0.1, -0.05) is 24.3 Å². The van der Waals surface area contributed by atoms with Crippen molar-refractivity contribution in [1.82, 2.24) is 0 Å². The molecule has 0 aliphatic carbocycles. The van der Waals surface area contributed by atoms with Gasteiger partial charge in [-0.05, 0) is 24.6 Å². The summed E-state index contributed by atoms with van der Waals surface area (Å²) in [6.07, 6.45) is 0. The molecule has 72 valence electrons. The second-order valence-corrected chi connectivity index (χ2v) is 3.89. The molecule has 0 bridgehead atoms. The SMILES string of the molecule is Cc1cccc2[nH+]c3ccccc3cc12. The van der Waals surface area contributed by atoms with Crippen LogP contribution in [0.2, 0.25) is 0 Å². The van der Waals surface area contributed by atoms with E-state index in [1.165, 1.54) is 27.4 Å². The lowest BCUT2D eigenvalue weighted by molar-refractivity contribution is -0.310. The van der Waals surface area contributed by atoms with Crippen molar-refractivity contribution in [2.24, 2.45) is 0 Å². The van der Waals surface area contributed by atoms with Crippen LogP contribution in [0.4, 0.5) is 0 Å². The summed E-state index contributed by atoms with van der Waals surface area (Å²) in [6, 6.07) is 17.0. The molecule has 0 fully saturated rings. The van der Waals surface area contributed by atoms with Crippen molar-refractivity contribution >= 4 is 21.8 Å². The Morgan fingerprint density at radius 3 is 2.60 bits per heavy atom. The molecule has 15 heavy (non-hydrogen) atoms.